The van der Waals surface area contributed by atoms with Crippen LogP contribution in [-0.4, -0.2) is 16.1 Å². The molecule has 0 saturated heterocycles. The Bertz CT molecular complexity index is 770. The summed E-state index contributed by atoms with van der Waals surface area (Å²) in [5.74, 6) is -1.59. The Balaban J connectivity index is 0.00000161. The van der Waals surface area contributed by atoms with E-state index in [-0.39, 0.29) is 35.3 Å². The summed E-state index contributed by atoms with van der Waals surface area (Å²) in [4.78, 5) is 14.7. The molecule has 0 bridgehead atoms. The smallest absolute Gasteiger partial charge is 0.542 e. The molecule has 0 fully saturated rings. The van der Waals surface area contributed by atoms with Crippen molar-refractivity contribution in [2.75, 3.05) is 0 Å². The van der Waals surface area contributed by atoms with Crippen LogP contribution < -0.4 is 34.7 Å². The summed E-state index contributed by atoms with van der Waals surface area (Å²) in [6, 6.07) is 9.87. The fourth-order valence-electron chi connectivity index (χ4n) is 2.06. The maximum atomic E-state index is 10.7. The number of pyridine rings is 1. The quantitative estimate of drug-likeness (QED) is 0.580. The summed E-state index contributed by atoms with van der Waals surface area (Å²) >= 11 is 0. The Morgan fingerprint density at radius 3 is 2.71 bits per heavy atom. The zero-order valence-corrected chi connectivity index (χ0v) is 13.3. The number of furan rings is 1. The number of carboxylic acids is 1. The number of aliphatic hydroxyl groups is 1. The van der Waals surface area contributed by atoms with Gasteiger partial charge in [0, 0.05) is 23.3 Å². The Hall–Kier alpha value is -1.66. The van der Waals surface area contributed by atoms with Crippen molar-refractivity contribution in [1.82, 2.24) is 4.98 Å². The summed E-state index contributed by atoms with van der Waals surface area (Å²) in [7, 11) is 0. The van der Waals surface area contributed by atoms with E-state index >= 15 is 0 Å². The van der Waals surface area contributed by atoms with Gasteiger partial charge in [-0.3, -0.25) is 4.98 Å². The van der Waals surface area contributed by atoms with E-state index in [4.69, 9.17) is 4.42 Å². The second-order valence-electron chi connectivity index (χ2n) is 4.38. The molecule has 5 nitrogen and oxygen atoms in total. The molecule has 0 aliphatic rings. The number of aromatic nitrogens is 1. The standard InChI is InChI=1S/C15H11NO4.Na/c17-14(10-2-1-5-16-8-10)9-3-4-12-11(6-9)7-13(20-12)15(18)19;/h1-8,14,17H,(H,18,19);/q;+1/p-1. The van der Waals surface area contributed by atoms with Gasteiger partial charge >= 0.3 is 29.6 Å². The molecular formula is C15H10NNaO4. The van der Waals surface area contributed by atoms with Crippen LogP contribution in [0.4, 0.5) is 0 Å². The first kappa shape index (κ1) is 15.7. The number of carbonyl (C=O) groups is 1. The predicted octanol–water partition coefficient (Wildman–Crippen LogP) is -1.72. The topological polar surface area (TPSA) is 86.4 Å². The van der Waals surface area contributed by atoms with Crippen molar-refractivity contribution in [2.24, 2.45) is 0 Å². The van der Waals surface area contributed by atoms with E-state index < -0.39 is 12.1 Å². The number of fused-ring (bicyclic) bond motifs is 1. The Labute approximate surface area is 142 Å². The molecule has 0 spiro atoms. The molecule has 2 heterocycles. The van der Waals surface area contributed by atoms with Gasteiger partial charge in [0.1, 0.15) is 17.7 Å². The first-order valence-corrected chi connectivity index (χ1v) is 5.98. The zero-order chi connectivity index (χ0) is 14.1. The Morgan fingerprint density at radius 1 is 1.24 bits per heavy atom. The molecule has 100 valence electrons. The van der Waals surface area contributed by atoms with Crippen LogP contribution in [0, 0.1) is 0 Å². The van der Waals surface area contributed by atoms with Gasteiger partial charge in [0.2, 0.25) is 0 Å². The second kappa shape index (κ2) is 6.41. The summed E-state index contributed by atoms with van der Waals surface area (Å²) in [5.41, 5.74) is 1.73. The summed E-state index contributed by atoms with van der Waals surface area (Å²) in [6.45, 7) is 0. The van der Waals surface area contributed by atoms with Crippen LogP contribution in [0.2, 0.25) is 0 Å². The van der Waals surface area contributed by atoms with Gasteiger partial charge in [0.25, 0.3) is 0 Å². The average molecular weight is 291 g/mol. The maximum absolute atomic E-state index is 10.7. The molecule has 1 aromatic carbocycles. The number of nitrogens with zero attached hydrogens (tertiary/aromatic N) is 1. The van der Waals surface area contributed by atoms with Gasteiger partial charge in [-0.2, -0.15) is 0 Å². The molecule has 21 heavy (non-hydrogen) atoms. The van der Waals surface area contributed by atoms with Crippen LogP contribution >= 0.6 is 0 Å². The van der Waals surface area contributed by atoms with Gasteiger partial charge in [-0.25, -0.2) is 0 Å². The predicted molar refractivity (Wildman–Crippen MR) is 68.8 cm³/mol. The van der Waals surface area contributed by atoms with Gasteiger partial charge in [-0.1, -0.05) is 12.1 Å². The number of benzene rings is 1. The minimum absolute atomic E-state index is 0. The number of aromatic carboxylic acids is 1. The molecule has 3 rings (SSSR count). The van der Waals surface area contributed by atoms with E-state index in [2.05, 4.69) is 4.98 Å². The monoisotopic (exact) mass is 291 g/mol. The van der Waals surface area contributed by atoms with Crippen molar-refractivity contribution >= 4 is 16.9 Å². The summed E-state index contributed by atoms with van der Waals surface area (Å²) < 4.78 is 5.11. The van der Waals surface area contributed by atoms with Crippen molar-refractivity contribution in [3.8, 4) is 0 Å². The van der Waals surface area contributed by atoms with Gasteiger partial charge in [0.15, 0.2) is 5.76 Å². The molecule has 1 unspecified atom stereocenters. The SMILES string of the molecule is O=C([O-])c1cc2cc(C(O)c3cccnc3)ccc2o1.[Na+]. The number of aliphatic hydroxyl groups excluding tert-OH is 1. The van der Waals surface area contributed by atoms with Crippen LogP contribution in [0.1, 0.15) is 27.8 Å². The van der Waals surface area contributed by atoms with Crippen molar-refractivity contribution in [3.63, 3.8) is 0 Å². The average Bonchev–Trinajstić information content (AvgIpc) is 2.90. The third-order valence-corrected chi connectivity index (χ3v) is 3.06. The molecule has 0 aliphatic heterocycles. The molecule has 1 atom stereocenters. The van der Waals surface area contributed by atoms with Crippen molar-refractivity contribution in [1.29, 1.82) is 0 Å². The molecule has 0 saturated carbocycles. The molecule has 0 amide bonds. The molecule has 3 aromatic rings. The van der Waals surface area contributed by atoms with Crippen molar-refractivity contribution in [2.45, 2.75) is 6.10 Å². The van der Waals surface area contributed by atoms with E-state index in [0.29, 0.717) is 22.1 Å². The number of hydrogen-bond acceptors (Lipinski definition) is 5. The Kier molecular flexibility index (Phi) is 4.80. The third kappa shape index (κ3) is 3.16. The number of rotatable bonds is 3. The zero-order valence-electron chi connectivity index (χ0n) is 11.3. The van der Waals surface area contributed by atoms with Crippen LogP contribution in [0.15, 0.2) is 53.2 Å². The van der Waals surface area contributed by atoms with Gasteiger partial charge in [-0.15, -0.1) is 0 Å². The molecular weight excluding hydrogens is 281 g/mol. The molecule has 1 N–H and O–H groups in total. The van der Waals surface area contributed by atoms with Gasteiger partial charge < -0.3 is 19.4 Å². The largest absolute Gasteiger partial charge is 1.00 e. The second-order valence-corrected chi connectivity index (χ2v) is 4.38. The van der Waals surface area contributed by atoms with Crippen LogP contribution in [0.5, 0.6) is 0 Å². The van der Waals surface area contributed by atoms with Gasteiger partial charge in [-0.05, 0) is 29.8 Å². The first-order chi connectivity index (χ1) is 9.65. The van der Waals surface area contributed by atoms with E-state index in [1.165, 1.54) is 6.07 Å². The van der Waals surface area contributed by atoms with E-state index in [1.54, 1.807) is 42.7 Å². The minimum Gasteiger partial charge on any atom is -0.542 e. The van der Waals surface area contributed by atoms with Crippen molar-refractivity contribution in [3.05, 3.63) is 65.7 Å². The molecule has 2 aromatic heterocycles. The Morgan fingerprint density at radius 2 is 2.05 bits per heavy atom. The van der Waals surface area contributed by atoms with Gasteiger partial charge in [0.05, 0.1) is 0 Å². The van der Waals surface area contributed by atoms with E-state index in [0.717, 1.165) is 0 Å². The van der Waals surface area contributed by atoms with Crippen LogP contribution in [0.25, 0.3) is 11.0 Å². The minimum atomic E-state index is -1.37. The summed E-state index contributed by atoms with van der Waals surface area (Å²) in [6.07, 6.45) is 2.38. The molecule has 6 heteroatoms. The number of carbonyl (C=O) groups excluding carboxylic acids is 1. The van der Waals surface area contributed by atoms with Crippen LogP contribution in [0.3, 0.4) is 0 Å². The van der Waals surface area contributed by atoms with Crippen molar-refractivity contribution < 1.29 is 49.0 Å². The first-order valence-electron chi connectivity index (χ1n) is 5.98. The van der Waals surface area contributed by atoms with Crippen LogP contribution in [-0.2, 0) is 0 Å². The number of carboxylic acid groups (broad SMARTS) is 1. The number of hydrogen-bond donors (Lipinski definition) is 1. The summed E-state index contributed by atoms with van der Waals surface area (Å²) in [5, 5.41) is 21.6. The fourth-order valence-corrected chi connectivity index (χ4v) is 2.06. The molecule has 0 radical (unpaired) electrons. The normalized spacial score (nSPS) is 11.9. The maximum Gasteiger partial charge on any atom is 1.00 e. The third-order valence-electron chi connectivity index (χ3n) is 3.06. The fraction of sp³-hybridized carbons (Fsp3) is 0.0667. The van der Waals surface area contributed by atoms with E-state index in [1.807, 2.05) is 0 Å². The van der Waals surface area contributed by atoms with E-state index in [9.17, 15) is 15.0 Å². The molecule has 0 aliphatic carbocycles.